The molecule has 3 aromatic rings. The van der Waals surface area contributed by atoms with Crippen LogP contribution in [0.5, 0.6) is 23.0 Å². The van der Waals surface area contributed by atoms with Crippen LogP contribution in [0, 0.1) is 0 Å². The average molecular weight is 553 g/mol. The third-order valence-corrected chi connectivity index (χ3v) is 7.87. The standard InChI is InChI=1S/C29H32N2O7S/c1-34-13-4-11-30(29(33)20-7-8-25-26(15-20)38-19-37-25)17-28(32)31-12-9-27-23(10-14-39-27)24(31)18-36-22-6-3-5-21(16-22)35-2/h3,5-8,10,14-16,24H,4,9,11-13,17-19H2,1-2H3/t24-/m1/s1. The number of benzene rings is 2. The summed E-state index contributed by atoms with van der Waals surface area (Å²) in [6.07, 6.45) is 1.38. The summed E-state index contributed by atoms with van der Waals surface area (Å²) in [6.45, 7) is 1.80. The Morgan fingerprint density at radius 2 is 1.92 bits per heavy atom. The number of rotatable bonds is 11. The second kappa shape index (κ2) is 12.4. The van der Waals surface area contributed by atoms with Crippen molar-refractivity contribution in [1.82, 2.24) is 9.80 Å². The van der Waals surface area contributed by atoms with Crippen molar-refractivity contribution in [2.24, 2.45) is 0 Å². The summed E-state index contributed by atoms with van der Waals surface area (Å²) in [5.74, 6) is 2.14. The van der Waals surface area contributed by atoms with E-state index in [1.807, 2.05) is 29.2 Å². The first-order chi connectivity index (χ1) is 19.1. The second-order valence-electron chi connectivity index (χ2n) is 9.28. The molecule has 0 aliphatic carbocycles. The van der Waals surface area contributed by atoms with Crippen LogP contribution >= 0.6 is 11.3 Å². The van der Waals surface area contributed by atoms with E-state index in [-0.39, 0.29) is 31.2 Å². The van der Waals surface area contributed by atoms with Crippen LogP contribution in [0.15, 0.2) is 53.9 Å². The second-order valence-corrected chi connectivity index (χ2v) is 10.3. The Kier molecular flexibility index (Phi) is 8.53. The minimum atomic E-state index is -0.264. The Balaban J connectivity index is 1.33. The summed E-state index contributed by atoms with van der Waals surface area (Å²) < 4.78 is 27.5. The van der Waals surface area contributed by atoms with Gasteiger partial charge in [0, 0.05) is 43.3 Å². The topological polar surface area (TPSA) is 86.8 Å². The van der Waals surface area contributed by atoms with Crippen molar-refractivity contribution in [2.75, 3.05) is 53.9 Å². The van der Waals surface area contributed by atoms with Crippen LogP contribution in [0.1, 0.15) is 33.3 Å². The zero-order valence-electron chi connectivity index (χ0n) is 22.1. The van der Waals surface area contributed by atoms with Gasteiger partial charge in [0.15, 0.2) is 11.5 Å². The lowest BCUT2D eigenvalue weighted by Crippen LogP contribution is -2.48. The molecule has 2 amide bonds. The first-order valence-electron chi connectivity index (χ1n) is 12.9. The van der Waals surface area contributed by atoms with Crippen LogP contribution in [-0.4, -0.2) is 75.5 Å². The number of fused-ring (bicyclic) bond motifs is 2. The van der Waals surface area contributed by atoms with Gasteiger partial charge < -0.3 is 33.5 Å². The molecule has 0 unspecified atom stereocenters. The summed E-state index contributed by atoms with van der Waals surface area (Å²) in [7, 11) is 3.23. The first kappa shape index (κ1) is 26.8. The fraction of sp³-hybridized carbons (Fsp3) is 0.379. The molecule has 0 radical (unpaired) electrons. The van der Waals surface area contributed by atoms with E-state index in [0.717, 1.165) is 12.0 Å². The van der Waals surface area contributed by atoms with Crippen molar-refractivity contribution in [1.29, 1.82) is 0 Å². The Hall–Kier alpha value is -3.76. The number of thiophene rings is 1. The van der Waals surface area contributed by atoms with Crippen molar-refractivity contribution >= 4 is 23.2 Å². The molecule has 1 aromatic heterocycles. The number of hydrogen-bond acceptors (Lipinski definition) is 8. The molecule has 0 fully saturated rings. The van der Waals surface area contributed by atoms with Crippen LogP contribution in [0.25, 0.3) is 0 Å². The number of nitrogens with zero attached hydrogens (tertiary/aromatic N) is 2. The van der Waals surface area contributed by atoms with E-state index < -0.39 is 0 Å². The monoisotopic (exact) mass is 552 g/mol. The van der Waals surface area contributed by atoms with Gasteiger partial charge in [-0.15, -0.1) is 11.3 Å². The number of carbonyl (C=O) groups excluding carboxylic acids is 2. The molecule has 9 nitrogen and oxygen atoms in total. The van der Waals surface area contributed by atoms with E-state index in [1.54, 1.807) is 48.7 Å². The molecule has 10 heteroatoms. The number of amides is 2. The van der Waals surface area contributed by atoms with Crippen molar-refractivity contribution in [3.8, 4) is 23.0 Å². The average Bonchev–Trinajstić information content (AvgIpc) is 3.64. The molecule has 5 rings (SSSR count). The Morgan fingerprint density at radius 3 is 2.77 bits per heavy atom. The van der Waals surface area contributed by atoms with Crippen molar-refractivity contribution < 1.29 is 33.3 Å². The maximum Gasteiger partial charge on any atom is 0.254 e. The minimum absolute atomic E-state index is 0.0495. The van der Waals surface area contributed by atoms with Gasteiger partial charge in [-0.25, -0.2) is 0 Å². The molecule has 0 spiro atoms. The summed E-state index contributed by atoms with van der Waals surface area (Å²) in [4.78, 5) is 32.0. The number of carbonyl (C=O) groups is 2. The summed E-state index contributed by atoms with van der Waals surface area (Å²) in [5, 5.41) is 2.05. The highest BCUT2D eigenvalue weighted by molar-refractivity contribution is 7.10. The van der Waals surface area contributed by atoms with E-state index in [9.17, 15) is 9.59 Å². The summed E-state index contributed by atoms with van der Waals surface area (Å²) in [6, 6.07) is 14.3. The SMILES string of the molecule is COCCCN(CC(=O)N1CCc2sccc2[C@H]1COc1cccc(OC)c1)C(=O)c1ccc2c(c1)OCO2. The maximum absolute atomic E-state index is 13.8. The van der Waals surface area contributed by atoms with Gasteiger partial charge in [0.25, 0.3) is 5.91 Å². The quantitative estimate of drug-likeness (QED) is 0.330. The molecule has 1 atom stereocenters. The summed E-state index contributed by atoms with van der Waals surface area (Å²) in [5.41, 5.74) is 1.54. The maximum atomic E-state index is 13.8. The summed E-state index contributed by atoms with van der Waals surface area (Å²) >= 11 is 1.70. The minimum Gasteiger partial charge on any atom is -0.497 e. The largest absolute Gasteiger partial charge is 0.497 e. The van der Waals surface area contributed by atoms with E-state index in [0.29, 0.717) is 61.3 Å². The third kappa shape index (κ3) is 6.12. The Morgan fingerprint density at radius 1 is 1.08 bits per heavy atom. The lowest BCUT2D eigenvalue weighted by Gasteiger charge is -2.37. The van der Waals surface area contributed by atoms with Gasteiger partial charge in [-0.2, -0.15) is 0 Å². The van der Waals surface area contributed by atoms with Gasteiger partial charge in [-0.3, -0.25) is 9.59 Å². The molecular weight excluding hydrogens is 520 g/mol. The fourth-order valence-electron chi connectivity index (χ4n) is 4.86. The first-order valence-corrected chi connectivity index (χ1v) is 13.8. The van der Waals surface area contributed by atoms with Gasteiger partial charge in [0.2, 0.25) is 12.7 Å². The number of hydrogen-bond donors (Lipinski definition) is 0. The highest BCUT2D eigenvalue weighted by atomic mass is 32.1. The number of methoxy groups -OCH3 is 2. The smallest absolute Gasteiger partial charge is 0.254 e. The number of ether oxygens (including phenoxy) is 5. The lowest BCUT2D eigenvalue weighted by atomic mass is 10.0. The zero-order valence-corrected chi connectivity index (χ0v) is 22.9. The van der Waals surface area contributed by atoms with Crippen molar-refractivity contribution in [2.45, 2.75) is 18.9 Å². The van der Waals surface area contributed by atoms with Crippen LogP contribution in [0.4, 0.5) is 0 Å². The Bertz CT molecular complexity index is 1310. The van der Waals surface area contributed by atoms with Gasteiger partial charge in [-0.1, -0.05) is 6.07 Å². The van der Waals surface area contributed by atoms with Gasteiger partial charge in [0.05, 0.1) is 13.2 Å². The van der Waals surface area contributed by atoms with Gasteiger partial charge in [0.1, 0.15) is 24.7 Å². The fourth-order valence-corrected chi connectivity index (χ4v) is 5.79. The van der Waals surface area contributed by atoms with Gasteiger partial charge in [-0.05, 0) is 60.2 Å². The molecule has 0 N–H and O–H groups in total. The third-order valence-electron chi connectivity index (χ3n) is 6.87. The van der Waals surface area contributed by atoms with Crippen LogP contribution in [0.3, 0.4) is 0 Å². The van der Waals surface area contributed by atoms with E-state index >= 15 is 0 Å². The predicted octanol–water partition coefficient (Wildman–Crippen LogP) is 4.17. The molecule has 39 heavy (non-hydrogen) atoms. The molecule has 0 saturated carbocycles. The molecule has 2 aliphatic rings. The van der Waals surface area contributed by atoms with E-state index in [1.165, 1.54) is 4.88 Å². The van der Waals surface area contributed by atoms with Gasteiger partial charge >= 0.3 is 0 Å². The molecule has 2 aliphatic heterocycles. The molecule has 2 aromatic carbocycles. The predicted molar refractivity (Wildman–Crippen MR) is 146 cm³/mol. The molecule has 0 saturated heterocycles. The zero-order chi connectivity index (χ0) is 27.2. The van der Waals surface area contributed by atoms with Crippen LogP contribution in [-0.2, 0) is 16.0 Å². The van der Waals surface area contributed by atoms with E-state index in [2.05, 4.69) is 11.4 Å². The molecule has 0 bridgehead atoms. The molecular formula is C29H32N2O7S. The highest BCUT2D eigenvalue weighted by Gasteiger charge is 2.34. The van der Waals surface area contributed by atoms with Crippen molar-refractivity contribution in [3.05, 3.63) is 69.9 Å². The van der Waals surface area contributed by atoms with Crippen molar-refractivity contribution in [3.63, 3.8) is 0 Å². The van der Waals surface area contributed by atoms with Crippen LogP contribution < -0.4 is 18.9 Å². The van der Waals surface area contributed by atoms with E-state index in [4.69, 9.17) is 23.7 Å². The normalized spacial score (nSPS) is 15.5. The highest BCUT2D eigenvalue weighted by Crippen LogP contribution is 2.35. The molecule has 3 heterocycles. The lowest BCUT2D eigenvalue weighted by molar-refractivity contribution is -0.135. The molecule has 206 valence electrons. The van der Waals surface area contributed by atoms with Crippen LogP contribution in [0.2, 0.25) is 0 Å². The Labute approximate surface area is 231 Å².